The maximum atomic E-state index is 14.1. The van der Waals surface area contributed by atoms with Crippen LogP contribution in [-0.2, 0) is 14.4 Å². The molecule has 1 aliphatic heterocycles. The summed E-state index contributed by atoms with van der Waals surface area (Å²) in [4.78, 5) is 44.9. The average Bonchev–Trinajstić information content (AvgIpc) is 3.19. The standard InChI is InChI=1S/C25H21F2N3O3/c1-16-6-2-3-9-19(16)21(15-31)29(18-8-4-7-17(26)14-18)25(33)20-12-13-24(32)30(20)23-11-5-10-22(27)28-23/h2-11,14-15,20-21H,12-13H2,1H3/t20-,21+/m0/s1. The van der Waals surface area contributed by atoms with Crippen molar-refractivity contribution in [1.29, 1.82) is 0 Å². The molecule has 8 heteroatoms. The molecule has 33 heavy (non-hydrogen) atoms. The number of anilines is 2. The molecule has 1 saturated heterocycles. The molecule has 1 aliphatic rings. The van der Waals surface area contributed by atoms with Crippen molar-refractivity contribution in [3.8, 4) is 0 Å². The first kappa shape index (κ1) is 22.3. The van der Waals surface area contributed by atoms with E-state index < -0.39 is 29.8 Å². The van der Waals surface area contributed by atoms with Crippen LogP contribution in [0, 0.1) is 18.7 Å². The molecule has 0 radical (unpaired) electrons. The van der Waals surface area contributed by atoms with Crippen LogP contribution in [-0.4, -0.2) is 29.1 Å². The molecule has 4 rings (SSSR count). The molecule has 168 valence electrons. The number of nitrogens with zero attached hydrogens (tertiary/aromatic N) is 3. The van der Waals surface area contributed by atoms with Crippen LogP contribution in [0.3, 0.4) is 0 Å². The van der Waals surface area contributed by atoms with Gasteiger partial charge in [-0.05, 0) is 54.8 Å². The van der Waals surface area contributed by atoms with Crippen molar-refractivity contribution < 1.29 is 23.2 Å². The zero-order chi connectivity index (χ0) is 23.5. The zero-order valence-corrected chi connectivity index (χ0v) is 17.8. The van der Waals surface area contributed by atoms with Gasteiger partial charge >= 0.3 is 0 Å². The highest BCUT2D eigenvalue weighted by atomic mass is 19.1. The van der Waals surface area contributed by atoms with Gasteiger partial charge in [-0.3, -0.25) is 19.4 Å². The lowest BCUT2D eigenvalue weighted by Crippen LogP contribution is -2.49. The van der Waals surface area contributed by atoms with E-state index in [1.165, 1.54) is 35.2 Å². The van der Waals surface area contributed by atoms with Gasteiger partial charge in [-0.2, -0.15) is 4.39 Å². The number of benzene rings is 2. The van der Waals surface area contributed by atoms with Gasteiger partial charge in [-0.15, -0.1) is 0 Å². The third-order valence-electron chi connectivity index (χ3n) is 5.68. The van der Waals surface area contributed by atoms with Crippen molar-refractivity contribution in [3.05, 3.63) is 89.6 Å². The van der Waals surface area contributed by atoms with E-state index in [1.807, 2.05) is 19.1 Å². The molecule has 1 fully saturated rings. The third kappa shape index (κ3) is 4.37. The number of carbonyl (C=O) groups is 3. The van der Waals surface area contributed by atoms with E-state index in [2.05, 4.69) is 4.98 Å². The lowest BCUT2D eigenvalue weighted by Gasteiger charge is -2.34. The van der Waals surface area contributed by atoms with E-state index in [-0.39, 0.29) is 30.3 Å². The number of hydrogen-bond acceptors (Lipinski definition) is 4. The molecule has 1 aromatic heterocycles. The number of halogens is 2. The molecule has 2 amide bonds. The van der Waals surface area contributed by atoms with Crippen molar-refractivity contribution in [2.45, 2.75) is 31.8 Å². The number of aromatic nitrogens is 1. The van der Waals surface area contributed by atoms with Gasteiger partial charge < -0.3 is 4.79 Å². The summed E-state index contributed by atoms with van der Waals surface area (Å²) in [5.74, 6) is -2.33. The molecule has 0 unspecified atom stereocenters. The highest BCUT2D eigenvalue weighted by Gasteiger charge is 2.42. The van der Waals surface area contributed by atoms with Crippen molar-refractivity contribution >= 4 is 29.6 Å². The topological polar surface area (TPSA) is 70.6 Å². The first-order chi connectivity index (χ1) is 15.9. The Hall–Kier alpha value is -3.94. The second kappa shape index (κ2) is 9.28. The predicted octanol–water partition coefficient (Wildman–Crippen LogP) is 4.14. The molecule has 2 atom stereocenters. The highest BCUT2D eigenvalue weighted by Crippen LogP contribution is 2.33. The maximum absolute atomic E-state index is 14.1. The fraction of sp³-hybridized carbons (Fsp3) is 0.200. The van der Waals surface area contributed by atoms with Crippen LogP contribution in [0.25, 0.3) is 0 Å². The van der Waals surface area contributed by atoms with Crippen molar-refractivity contribution in [1.82, 2.24) is 4.98 Å². The molecule has 0 bridgehead atoms. The number of aldehydes is 1. The summed E-state index contributed by atoms with van der Waals surface area (Å²) in [6.07, 6.45) is 0.829. The molecule has 6 nitrogen and oxygen atoms in total. The summed E-state index contributed by atoms with van der Waals surface area (Å²) >= 11 is 0. The molecular formula is C25H21F2N3O3. The van der Waals surface area contributed by atoms with Crippen LogP contribution in [0.4, 0.5) is 20.3 Å². The summed E-state index contributed by atoms with van der Waals surface area (Å²) in [7, 11) is 0. The Morgan fingerprint density at radius 2 is 1.88 bits per heavy atom. The predicted molar refractivity (Wildman–Crippen MR) is 119 cm³/mol. The monoisotopic (exact) mass is 449 g/mol. The number of aryl methyl sites for hydroxylation is 1. The Labute approximate surface area is 189 Å². The van der Waals surface area contributed by atoms with Gasteiger partial charge in [-0.1, -0.05) is 36.4 Å². The van der Waals surface area contributed by atoms with Gasteiger partial charge in [0.25, 0.3) is 5.91 Å². The van der Waals surface area contributed by atoms with E-state index in [0.717, 1.165) is 22.6 Å². The van der Waals surface area contributed by atoms with Crippen LogP contribution in [0.5, 0.6) is 0 Å². The van der Waals surface area contributed by atoms with Crippen LogP contribution in [0.2, 0.25) is 0 Å². The first-order valence-corrected chi connectivity index (χ1v) is 10.4. The molecule has 0 spiro atoms. The minimum Gasteiger partial charge on any atom is -0.301 e. The minimum absolute atomic E-state index is 0.00795. The summed E-state index contributed by atoms with van der Waals surface area (Å²) in [5.41, 5.74) is 1.52. The largest absolute Gasteiger partial charge is 0.301 e. The summed E-state index contributed by atoms with van der Waals surface area (Å²) < 4.78 is 27.9. The van der Waals surface area contributed by atoms with Gasteiger partial charge in [0, 0.05) is 12.1 Å². The number of pyridine rings is 1. The zero-order valence-electron chi connectivity index (χ0n) is 17.8. The van der Waals surface area contributed by atoms with Crippen LogP contribution < -0.4 is 9.80 Å². The fourth-order valence-electron chi connectivity index (χ4n) is 4.14. The molecule has 2 heterocycles. The van der Waals surface area contributed by atoms with Crippen molar-refractivity contribution in [2.24, 2.45) is 0 Å². The van der Waals surface area contributed by atoms with E-state index >= 15 is 0 Å². The van der Waals surface area contributed by atoms with Gasteiger partial charge in [0.05, 0.1) is 0 Å². The quantitative estimate of drug-likeness (QED) is 0.419. The van der Waals surface area contributed by atoms with E-state index in [4.69, 9.17) is 0 Å². The highest BCUT2D eigenvalue weighted by molar-refractivity contribution is 6.09. The van der Waals surface area contributed by atoms with Crippen molar-refractivity contribution in [2.75, 3.05) is 9.80 Å². The lowest BCUT2D eigenvalue weighted by atomic mass is 9.99. The van der Waals surface area contributed by atoms with Crippen LogP contribution in [0.15, 0.2) is 66.7 Å². The maximum Gasteiger partial charge on any atom is 0.251 e. The average molecular weight is 449 g/mol. The van der Waals surface area contributed by atoms with Gasteiger partial charge in [0.15, 0.2) is 0 Å². The molecule has 3 aromatic rings. The number of rotatable bonds is 6. The van der Waals surface area contributed by atoms with E-state index in [9.17, 15) is 23.2 Å². The Bertz CT molecular complexity index is 1220. The van der Waals surface area contributed by atoms with Crippen molar-refractivity contribution in [3.63, 3.8) is 0 Å². The van der Waals surface area contributed by atoms with E-state index in [1.54, 1.807) is 12.1 Å². The SMILES string of the molecule is Cc1ccccc1[C@@H](C=O)N(C(=O)[C@@H]1CCC(=O)N1c1cccc(F)n1)c1cccc(F)c1. The Morgan fingerprint density at radius 3 is 2.58 bits per heavy atom. The van der Waals surface area contributed by atoms with Gasteiger partial charge in [0.1, 0.15) is 30.0 Å². The Morgan fingerprint density at radius 1 is 1.12 bits per heavy atom. The fourth-order valence-corrected chi connectivity index (χ4v) is 4.14. The van der Waals surface area contributed by atoms with Crippen LogP contribution in [0.1, 0.15) is 30.0 Å². The third-order valence-corrected chi connectivity index (χ3v) is 5.68. The van der Waals surface area contributed by atoms with E-state index in [0.29, 0.717) is 11.8 Å². The number of hydrogen-bond donors (Lipinski definition) is 0. The number of amides is 2. The van der Waals surface area contributed by atoms with Gasteiger partial charge in [0.2, 0.25) is 11.9 Å². The second-order valence-corrected chi connectivity index (χ2v) is 7.76. The van der Waals surface area contributed by atoms with Crippen LogP contribution >= 0.6 is 0 Å². The second-order valence-electron chi connectivity index (χ2n) is 7.76. The minimum atomic E-state index is -1.06. The Kier molecular flexibility index (Phi) is 6.26. The summed E-state index contributed by atoms with van der Waals surface area (Å²) in [6, 6.07) is 14.3. The molecule has 0 N–H and O–H groups in total. The summed E-state index contributed by atoms with van der Waals surface area (Å²) in [6.45, 7) is 1.81. The smallest absolute Gasteiger partial charge is 0.251 e. The Balaban J connectivity index is 1.81. The number of carbonyl (C=O) groups excluding carboxylic acids is 3. The molecule has 0 aliphatic carbocycles. The molecule has 2 aromatic carbocycles. The lowest BCUT2D eigenvalue weighted by molar-refractivity contribution is -0.123. The first-order valence-electron chi connectivity index (χ1n) is 10.4. The summed E-state index contributed by atoms with van der Waals surface area (Å²) in [5, 5.41) is 0. The molecule has 0 saturated carbocycles. The normalized spacial score (nSPS) is 16.5. The molecular weight excluding hydrogens is 428 g/mol. The van der Waals surface area contributed by atoms with Gasteiger partial charge in [-0.25, -0.2) is 9.37 Å².